The molecular formula is C16H14N4OS. The van der Waals surface area contributed by atoms with Crippen molar-refractivity contribution in [3.05, 3.63) is 59.6 Å². The minimum Gasteiger partial charge on any atom is -0.328 e. The van der Waals surface area contributed by atoms with Gasteiger partial charge in [-0.2, -0.15) is 0 Å². The molecule has 0 radical (unpaired) electrons. The van der Waals surface area contributed by atoms with Gasteiger partial charge in [-0.1, -0.05) is 12.1 Å². The fourth-order valence-corrected chi connectivity index (χ4v) is 3.45. The summed E-state index contributed by atoms with van der Waals surface area (Å²) in [6, 6.07) is 9.54. The molecular weight excluding hydrogens is 296 g/mol. The zero-order valence-electron chi connectivity index (χ0n) is 11.8. The Kier molecular flexibility index (Phi) is 3.23. The van der Waals surface area contributed by atoms with E-state index in [0.717, 1.165) is 18.1 Å². The average Bonchev–Trinajstić information content (AvgIpc) is 3.23. The fourth-order valence-electron chi connectivity index (χ4n) is 2.71. The quantitative estimate of drug-likeness (QED) is 0.731. The molecule has 0 N–H and O–H groups in total. The smallest absolute Gasteiger partial charge is 0.272 e. The number of amides is 1. The lowest BCUT2D eigenvalue weighted by molar-refractivity contribution is 0.0702. The number of hydrogen-bond donors (Lipinski definition) is 0. The Labute approximate surface area is 131 Å². The molecule has 4 heterocycles. The molecule has 110 valence electrons. The van der Waals surface area contributed by atoms with Gasteiger partial charge in [0, 0.05) is 19.3 Å². The lowest BCUT2D eigenvalue weighted by Crippen LogP contribution is -2.38. The van der Waals surface area contributed by atoms with E-state index in [1.54, 1.807) is 23.6 Å². The van der Waals surface area contributed by atoms with E-state index in [1.807, 2.05) is 29.3 Å². The Hall–Kier alpha value is -2.47. The molecule has 5 nitrogen and oxygen atoms in total. The van der Waals surface area contributed by atoms with Crippen molar-refractivity contribution in [1.29, 1.82) is 0 Å². The fraction of sp³-hybridized carbons (Fsp3) is 0.188. The number of rotatable bonds is 2. The van der Waals surface area contributed by atoms with Crippen molar-refractivity contribution in [2.45, 2.75) is 13.1 Å². The molecule has 0 aromatic carbocycles. The van der Waals surface area contributed by atoms with Gasteiger partial charge in [0.15, 0.2) is 0 Å². The average molecular weight is 310 g/mol. The first-order valence-electron chi connectivity index (χ1n) is 7.11. The van der Waals surface area contributed by atoms with Crippen molar-refractivity contribution in [1.82, 2.24) is 19.4 Å². The zero-order valence-corrected chi connectivity index (χ0v) is 12.7. The van der Waals surface area contributed by atoms with Crippen molar-refractivity contribution in [2.24, 2.45) is 0 Å². The van der Waals surface area contributed by atoms with Gasteiger partial charge in [0.2, 0.25) is 0 Å². The second-order valence-corrected chi connectivity index (χ2v) is 6.08. The summed E-state index contributed by atoms with van der Waals surface area (Å²) < 4.78 is 2.20. The Morgan fingerprint density at radius 1 is 1.14 bits per heavy atom. The van der Waals surface area contributed by atoms with Gasteiger partial charge in [-0.15, -0.1) is 11.3 Å². The number of thiophene rings is 1. The third-order valence-corrected chi connectivity index (χ3v) is 4.70. The Morgan fingerprint density at radius 2 is 2.09 bits per heavy atom. The van der Waals surface area contributed by atoms with Crippen LogP contribution in [0.1, 0.15) is 16.3 Å². The number of aromatic nitrogens is 3. The first kappa shape index (κ1) is 13.2. The van der Waals surface area contributed by atoms with Crippen LogP contribution in [0.25, 0.3) is 10.6 Å². The normalized spacial score (nSPS) is 13.9. The summed E-state index contributed by atoms with van der Waals surface area (Å²) in [6.45, 7) is 1.97. The summed E-state index contributed by atoms with van der Waals surface area (Å²) in [5.74, 6) is 0.895. The van der Waals surface area contributed by atoms with Crippen LogP contribution >= 0.6 is 11.3 Å². The van der Waals surface area contributed by atoms with E-state index in [-0.39, 0.29) is 5.91 Å². The minimum atomic E-state index is -0.0347. The van der Waals surface area contributed by atoms with E-state index in [9.17, 15) is 4.79 Å². The number of carbonyl (C=O) groups is 1. The third kappa shape index (κ3) is 2.21. The number of hydrogen-bond acceptors (Lipinski definition) is 4. The second kappa shape index (κ2) is 5.38. The molecule has 0 spiro atoms. The van der Waals surface area contributed by atoms with Crippen molar-refractivity contribution in [2.75, 3.05) is 6.54 Å². The highest BCUT2D eigenvalue weighted by Crippen LogP contribution is 2.27. The van der Waals surface area contributed by atoms with Crippen LogP contribution < -0.4 is 0 Å². The van der Waals surface area contributed by atoms with Crippen LogP contribution in [0.3, 0.4) is 0 Å². The third-order valence-electron chi connectivity index (χ3n) is 3.81. The van der Waals surface area contributed by atoms with Crippen molar-refractivity contribution >= 4 is 17.2 Å². The summed E-state index contributed by atoms with van der Waals surface area (Å²) in [7, 11) is 0. The summed E-state index contributed by atoms with van der Waals surface area (Å²) in [5.41, 5.74) is 1.62. The van der Waals surface area contributed by atoms with Crippen molar-refractivity contribution in [3.63, 3.8) is 0 Å². The lowest BCUT2D eigenvalue weighted by atomic mass is 10.2. The van der Waals surface area contributed by atoms with E-state index in [2.05, 4.69) is 26.0 Å². The summed E-state index contributed by atoms with van der Waals surface area (Å²) in [5, 5.41) is 2.06. The van der Waals surface area contributed by atoms with E-state index >= 15 is 0 Å². The predicted molar refractivity (Wildman–Crippen MR) is 84.5 cm³/mol. The number of fused-ring (bicyclic) bond motifs is 1. The van der Waals surface area contributed by atoms with Crippen LogP contribution in [0.5, 0.6) is 0 Å². The monoisotopic (exact) mass is 310 g/mol. The molecule has 4 rings (SSSR count). The SMILES string of the molecule is O=C(c1ccccn1)N1CCn2c(-c3cccs3)cnc2C1. The molecule has 1 amide bonds. The highest BCUT2D eigenvalue weighted by atomic mass is 32.1. The Morgan fingerprint density at radius 3 is 2.86 bits per heavy atom. The largest absolute Gasteiger partial charge is 0.328 e. The molecule has 0 saturated carbocycles. The van der Waals surface area contributed by atoms with Crippen molar-refractivity contribution in [3.8, 4) is 10.6 Å². The van der Waals surface area contributed by atoms with Gasteiger partial charge in [-0.3, -0.25) is 9.78 Å². The lowest BCUT2D eigenvalue weighted by Gasteiger charge is -2.28. The molecule has 3 aromatic rings. The molecule has 1 aliphatic rings. The van der Waals surface area contributed by atoms with Crippen LogP contribution in [0, 0.1) is 0 Å². The van der Waals surface area contributed by atoms with Gasteiger partial charge in [0.05, 0.1) is 23.3 Å². The summed E-state index contributed by atoms with van der Waals surface area (Å²) in [6.07, 6.45) is 3.54. The first-order chi connectivity index (χ1) is 10.8. The maximum absolute atomic E-state index is 12.5. The molecule has 22 heavy (non-hydrogen) atoms. The highest BCUT2D eigenvalue weighted by molar-refractivity contribution is 7.13. The van der Waals surface area contributed by atoms with Crippen LogP contribution in [-0.4, -0.2) is 31.9 Å². The maximum atomic E-state index is 12.5. The second-order valence-electron chi connectivity index (χ2n) is 5.13. The van der Waals surface area contributed by atoms with Crippen LogP contribution in [0.2, 0.25) is 0 Å². The van der Waals surface area contributed by atoms with Crippen LogP contribution in [0.4, 0.5) is 0 Å². The van der Waals surface area contributed by atoms with E-state index in [0.29, 0.717) is 18.8 Å². The molecule has 0 fully saturated rings. The number of imidazole rings is 1. The first-order valence-corrected chi connectivity index (χ1v) is 7.99. The van der Waals surface area contributed by atoms with E-state index in [1.165, 1.54) is 4.88 Å². The maximum Gasteiger partial charge on any atom is 0.272 e. The van der Waals surface area contributed by atoms with Gasteiger partial charge in [-0.05, 0) is 23.6 Å². The van der Waals surface area contributed by atoms with Crippen LogP contribution in [-0.2, 0) is 13.1 Å². The molecule has 0 unspecified atom stereocenters. The minimum absolute atomic E-state index is 0.0347. The zero-order chi connectivity index (χ0) is 14.9. The molecule has 0 aliphatic carbocycles. The van der Waals surface area contributed by atoms with Gasteiger partial charge >= 0.3 is 0 Å². The van der Waals surface area contributed by atoms with Gasteiger partial charge in [-0.25, -0.2) is 4.98 Å². The van der Waals surface area contributed by atoms with Crippen molar-refractivity contribution < 1.29 is 4.79 Å². The summed E-state index contributed by atoms with van der Waals surface area (Å²) in [4.78, 5) is 24.1. The van der Waals surface area contributed by atoms with E-state index < -0.39 is 0 Å². The van der Waals surface area contributed by atoms with E-state index in [4.69, 9.17) is 0 Å². The predicted octanol–water partition coefficient (Wildman–Crippen LogP) is 2.66. The summed E-state index contributed by atoms with van der Waals surface area (Å²) >= 11 is 1.71. The molecule has 0 bridgehead atoms. The standard InChI is InChI=1S/C16H14N4OS/c21-16(12-4-1-2-6-17-12)19-7-8-20-13(10-18-15(20)11-19)14-5-3-9-22-14/h1-6,9-10H,7-8,11H2. The Balaban J connectivity index is 1.59. The van der Waals surface area contributed by atoms with Gasteiger partial charge in [0.25, 0.3) is 5.91 Å². The topological polar surface area (TPSA) is 51.0 Å². The van der Waals surface area contributed by atoms with Crippen LogP contribution in [0.15, 0.2) is 48.1 Å². The molecule has 0 saturated heterocycles. The van der Waals surface area contributed by atoms with Gasteiger partial charge < -0.3 is 9.47 Å². The number of carbonyl (C=O) groups excluding carboxylic acids is 1. The highest BCUT2D eigenvalue weighted by Gasteiger charge is 2.25. The number of nitrogens with zero attached hydrogens (tertiary/aromatic N) is 4. The molecule has 6 heteroatoms. The molecule has 3 aromatic heterocycles. The number of pyridine rings is 1. The molecule has 1 aliphatic heterocycles. The van der Waals surface area contributed by atoms with Gasteiger partial charge in [0.1, 0.15) is 11.5 Å². The Bertz CT molecular complexity index is 795. The molecule has 0 atom stereocenters.